The van der Waals surface area contributed by atoms with Gasteiger partial charge < -0.3 is 30.9 Å². The summed E-state index contributed by atoms with van der Waals surface area (Å²) in [6.07, 6.45) is 0.829. The lowest BCUT2D eigenvalue weighted by Gasteiger charge is -2.50. The molecule has 1 fully saturated rings. The fraction of sp³-hybridized carbons (Fsp3) is 0.344. The summed E-state index contributed by atoms with van der Waals surface area (Å²) >= 11 is 0. The summed E-state index contributed by atoms with van der Waals surface area (Å²) in [6, 6.07) is 9.81. The van der Waals surface area contributed by atoms with Crippen molar-refractivity contribution < 1.29 is 39.5 Å². The van der Waals surface area contributed by atoms with Crippen LogP contribution in [0.5, 0.6) is 5.75 Å². The zero-order valence-corrected chi connectivity index (χ0v) is 23.7. The molecule has 0 saturated heterocycles. The first kappa shape index (κ1) is 29.2. The van der Waals surface area contributed by atoms with Crippen LogP contribution in [0.15, 0.2) is 65.5 Å². The van der Waals surface area contributed by atoms with E-state index in [9.17, 15) is 34.8 Å². The van der Waals surface area contributed by atoms with Gasteiger partial charge in [0, 0.05) is 18.6 Å². The van der Waals surface area contributed by atoms with Crippen molar-refractivity contribution >= 4 is 23.2 Å². The molecule has 42 heavy (non-hydrogen) atoms. The van der Waals surface area contributed by atoms with Gasteiger partial charge in [-0.1, -0.05) is 36.9 Å². The van der Waals surface area contributed by atoms with Crippen LogP contribution in [-0.4, -0.2) is 82.3 Å². The van der Waals surface area contributed by atoms with E-state index in [0.717, 1.165) is 22.3 Å². The lowest BCUT2D eigenvalue weighted by Crippen LogP contribution is -2.65. The number of likely N-dealkylation sites (N-methyl/N-ethyl adjacent to an activating group) is 1. The van der Waals surface area contributed by atoms with Crippen molar-refractivity contribution in [2.75, 3.05) is 27.8 Å². The summed E-state index contributed by atoms with van der Waals surface area (Å²) in [4.78, 5) is 40.9. The minimum Gasteiger partial charge on any atom is -0.508 e. The average molecular weight is 575 g/mol. The maximum Gasteiger partial charge on any atom is 0.255 e. The lowest BCUT2D eigenvalue weighted by atomic mass is 9.57. The minimum atomic E-state index is -2.67. The van der Waals surface area contributed by atoms with E-state index in [0.29, 0.717) is 18.6 Å². The maximum absolute atomic E-state index is 14.0. The SMILES string of the molecule is C=C(COC)Cc1cccc(-c2ccc(O)c3c2C[C@@H]2C[C@@H]4C(N(C)C)C(=O)C(C(N)=O)=C(O)[C@]4(O)C(=O)C2=C3O)c1. The van der Waals surface area contributed by atoms with Gasteiger partial charge in [0.2, 0.25) is 5.78 Å². The van der Waals surface area contributed by atoms with Crippen LogP contribution in [0.1, 0.15) is 23.1 Å². The smallest absolute Gasteiger partial charge is 0.255 e. The van der Waals surface area contributed by atoms with Gasteiger partial charge in [0.25, 0.3) is 5.91 Å². The second-order valence-corrected chi connectivity index (χ2v) is 11.5. The van der Waals surface area contributed by atoms with Crippen LogP contribution in [0.2, 0.25) is 0 Å². The molecule has 2 aromatic rings. The van der Waals surface area contributed by atoms with Crippen molar-refractivity contribution in [3.05, 3.63) is 82.1 Å². The fourth-order valence-electron chi connectivity index (χ4n) is 6.91. The standard InChI is InChI=1S/C32H34N2O8/c1-15(14-42-4)10-16-6-5-7-17(11-16)19-8-9-22(35)24-20(19)12-18-13-21-26(34(2)3)28(37)25(31(33)40)30(39)32(21,41)29(38)23(18)27(24)36/h5-9,11,18,21,26,35-36,39,41H,1,10,12-14H2,2-4H3,(H2,33,40)/t18-,21-,26?,32-/m1/s1. The molecule has 0 heterocycles. The first-order chi connectivity index (χ1) is 19.8. The molecule has 2 aromatic carbocycles. The van der Waals surface area contributed by atoms with E-state index >= 15 is 0 Å². The molecule has 0 radical (unpaired) electrons. The molecule has 10 nitrogen and oxygen atoms in total. The molecular formula is C32H34N2O8. The van der Waals surface area contributed by atoms with E-state index in [2.05, 4.69) is 6.58 Å². The number of ether oxygens (including phenoxy) is 1. The van der Waals surface area contributed by atoms with Crippen LogP contribution in [-0.2, 0) is 32.0 Å². The Morgan fingerprint density at radius 1 is 1.17 bits per heavy atom. The summed E-state index contributed by atoms with van der Waals surface area (Å²) in [7, 11) is 4.74. The Morgan fingerprint density at radius 2 is 1.88 bits per heavy atom. The number of hydrogen-bond acceptors (Lipinski definition) is 9. The number of nitrogens with zero attached hydrogens (tertiary/aromatic N) is 1. The molecule has 0 spiro atoms. The number of rotatable bonds is 7. The zero-order chi connectivity index (χ0) is 30.7. The van der Waals surface area contributed by atoms with Gasteiger partial charge in [-0.2, -0.15) is 0 Å². The van der Waals surface area contributed by atoms with Gasteiger partial charge in [-0.15, -0.1) is 0 Å². The number of aromatic hydroxyl groups is 1. The maximum atomic E-state index is 14.0. The van der Waals surface area contributed by atoms with Gasteiger partial charge in [0.15, 0.2) is 11.4 Å². The molecule has 6 N–H and O–H groups in total. The van der Waals surface area contributed by atoms with Gasteiger partial charge in [0.1, 0.15) is 22.8 Å². The van der Waals surface area contributed by atoms with E-state index in [1.54, 1.807) is 27.3 Å². The number of aliphatic hydroxyl groups is 3. The molecule has 4 atom stereocenters. The first-order valence-electron chi connectivity index (χ1n) is 13.6. The van der Waals surface area contributed by atoms with Crippen molar-refractivity contribution in [3.8, 4) is 16.9 Å². The number of Topliss-reactive ketones (excluding diaryl/α,β-unsaturated/α-hetero) is 2. The van der Waals surface area contributed by atoms with Crippen molar-refractivity contribution in [1.29, 1.82) is 0 Å². The van der Waals surface area contributed by atoms with Gasteiger partial charge in [0.05, 0.1) is 18.2 Å². The molecule has 1 unspecified atom stereocenters. The number of nitrogens with two attached hydrogens (primary N) is 1. The molecule has 1 saturated carbocycles. The predicted octanol–water partition coefficient (Wildman–Crippen LogP) is 2.38. The summed E-state index contributed by atoms with van der Waals surface area (Å²) in [5, 5.41) is 45.1. The van der Waals surface area contributed by atoms with Crippen LogP contribution in [0.25, 0.3) is 16.9 Å². The predicted molar refractivity (Wildman–Crippen MR) is 154 cm³/mol. The molecule has 1 amide bonds. The van der Waals surface area contributed by atoms with E-state index in [1.807, 2.05) is 24.3 Å². The molecule has 10 heteroatoms. The fourth-order valence-corrected chi connectivity index (χ4v) is 6.91. The Hall–Kier alpha value is -4.25. The van der Waals surface area contributed by atoms with Crippen LogP contribution in [0.3, 0.4) is 0 Å². The Bertz CT molecular complexity index is 1600. The van der Waals surface area contributed by atoms with Crippen molar-refractivity contribution in [2.24, 2.45) is 17.6 Å². The van der Waals surface area contributed by atoms with Crippen molar-refractivity contribution in [3.63, 3.8) is 0 Å². The van der Waals surface area contributed by atoms with Crippen molar-refractivity contribution in [2.45, 2.75) is 30.9 Å². The normalized spacial score (nSPS) is 25.3. The monoisotopic (exact) mass is 574 g/mol. The lowest BCUT2D eigenvalue weighted by molar-refractivity contribution is -0.153. The second-order valence-electron chi connectivity index (χ2n) is 11.5. The number of phenols is 1. The number of fused-ring (bicyclic) bond motifs is 3. The number of amides is 1. The van der Waals surface area contributed by atoms with Crippen LogP contribution >= 0.6 is 0 Å². The number of ketones is 2. The molecule has 0 aliphatic heterocycles. The molecule has 5 rings (SSSR count). The Kier molecular flexibility index (Phi) is 7.34. The molecule has 3 aliphatic rings. The van der Waals surface area contributed by atoms with E-state index in [4.69, 9.17) is 10.5 Å². The highest BCUT2D eigenvalue weighted by Gasteiger charge is 2.64. The Labute approximate surface area is 243 Å². The number of primary amides is 1. The highest BCUT2D eigenvalue weighted by Crippen LogP contribution is 2.53. The van der Waals surface area contributed by atoms with E-state index in [1.165, 1.54) is 11.0 Å². The second kappa shape index (κ2) is 10.5. The quantitative estimate of drug-likeness (QED) is 0.246. The number of phenolic OH excluding ortho intramolecular Hbond substituents is 1. The molecule has 3 aliphatic carbocycles. The largest absolute Gasteiger partial charge is 0.508 e. The third-order valence-electron chi connectivity index (χ3n) is 8.64. The number of carbonyl (C=O) groups excluding carboxylic acids is 3. The third kappa shape index (κ3) is 4.34. The Balaban J connectivity index is 1.66. The van der Waals surface area contributed by atoms with E-state index < -0.39 is 58.0 Å². The van der Waals surface area contributed by atoms with Gasteiger partial charge >= 0.3 is 0 Å². The topological polar surface area (TPSA) is 171 Å². The van der Waals surface area contributed by atoms with Crippen LogP contribution in [0, 0.1) is 11.8 Å². The van der Waals surface area contributed by atoms with Gasteiger partial charge in [-0.3, -0.25) is 19.3 Å². The van der Waals surface area contributed by atoms with Gasteiger partial charge in [-0.05, 0) is 73.2 Å². The number of aliphatic hydroxyl groups excluding tert-OH is 2. The van der Waals surface area contributed by atoms with Crippen LogP contribution < -0.4 is 5.73 Å². The number of carbonyl (C=O) groups is 3. The van der Waals surface area contributed by atoms with Crippen LogP contribution in [0.4, 0.5) is 0 Å². The average Bonchev–Trinajstić information content (AvgIpc) is 2.90. The Morgan fingerprint density at radius 3 is 2.52 bits per heavy atom. The van der Waals surface area contributed by atoms with E-state index in [-0.39, 0.29) is 29.7 Å². The van der Waals surface area contributed by atoms with Crippen molar-refractivity contribution in [1.82, 2.24) is 4.90 Å². The third-order valence-corrected chi connectivity index (χ3v) is 8.64. The molecular weight excluding hydrogens is 540 g/mol. The molecule has 0 aromatic heterocycles. The molecule has 220 valence electrons. The minimum absolute atomic E-state index is 0.0255. The summed E-state index contributed by atoms with van der Waals surface area (Å²) in [5.74, 6) is -6.76. The highest BCUT2D eigenvalue weighted by molar-refractivity contribution is 6.24. The zero-order valence-electron chi connectivity index (χ0n) is 23.7. The summed E-state index contributed by atoms with van der Waals surface area (Å²) < 4.78 is 5.18. The number of hydrogen-bond donors (Lipinski definition) is 5. The number of benzene rings is 2. The summed E-state index contributed by atoms with van der Waals surface area (Å²) in [6.45, 7) is 4.47. The summed E-state index contributed by atoms with van der Waals surface area (Å²) in [5.41, 5.74) is 5.81. The number of methoxy groups -OCH3 is 1. The molecule has 0 bridgehead atoms. The first-order valence-corrected chi connectivity index (χ1v) is 13.6. The highest BCUT2D eigenvalue weighted by atomic mass is 16.5. The van der Waals surface area contributed by atoms with Gasteiger partial charge in [-0.25, -0.2) is 0 Å².